The molecular weight excluding hydrogens is 424 g/mol. The van der Waals surface area contributed by atoms with E-state index in [-0.39, 0.29) is 11.1 Å². The Morgan fingerprint density at radius 3 is 1.33 bits per heavy atom. The van der Waals surface area contributed by atoms with Crippen LogP contribution in [-0.2, 0) is 20.2 Å². The van der Waals surface area contributed by atoms with Gasteiger partial charge in [-0.1, -0.05) is 0 Å². The van der Waals surface area contributed by atoms with Crippen LogP contribution in [-0.4, -0.2) is 52.6 Å². The van der Waals surface area contributed by atoms with Crippen LogP contribution in [0, 0.1) is 0 Å². The molecule has 0 aromatic heterocycles. The highest BCUT2D eigenvalue weighted by Crippen LogP contribution is 2.47. The van der Waals surface area contributed by atoms with E-state index >= 15 is 0 Å². The lowest BCUT2D eigenvalue weighted by atomic mass is 10.0. The summed E-state index contributed by atoms with van der Waals surface area (Å²) in [5.41, 5.74) is -0.616. The molecule has 0 amide bonds. The summed E-state index contributed by atoms with van der Waals surface area (Å²) >= 11 is 0.865. The Bertz CT molecular complexity index is 1020. The lowest BCUT2D eigenvalue weighted by molar-refractivity contribution is 0.422. The summed E-state index contributed by atoms with van der Waals surface area (Å²) < 4.78 is 63.9. The number of thioether (sulfide) groups is 1. The van der Waals surface area contributed by atoms with Crippen LogP contribution in [0.2, 0.25) is 0 Å². The average Bonchev–Trinajstić information content (AvgIpc) is 2.51. The van der Waals surface area contributed by atoms with Gasteiger partial charge < -0.3 is 20.4 Å². The minimum atomic E-state index is -4.92. The summed E-state index contributed by atoms with van der Waals surface area (Å²) in [7, 11) is -9.84. The summed E-state index contributed by atoms with van der Waals surface area (Å²) in [5, 5.41) is 38.7. The first-order valence-corrected chi connectivity index (χ1v) is 11.0. The van der Waals surface area contributed by atoms with Crippen molar-refractivity contribution >= 4 is 32.0 Å². The molecule has 0 bridgehead atoms. The highest BCUT2D eigenvalue weighted by molar-refractivity contribution is 7.99. The van der Waals surface area contributed by atoms with Crippen LogP contribution in [0.1, 0.15) is 16.4 Å². The summed E-state index contributed by atoms with van der Waals surface area (Å²) in [6.45, 7) is 0. The normalized spacial score (nSPS) is 12.4. The summed E-state index contributed by atoms with van der Waals surface area (Å²) in [6.07, 6.45) is 1.44. The van der Waals surface area contributed by atoms with Gasteiger partial charge in [-0.25, -0.2) is 0 Å². The van der Waals surface area contributed by atoms with Crippen molar-refractivity contribution in [3.05, 3.63) is 35.4 Å². The topological polar surface area (TPSA) is 190 Å². The van der Waals surface area contributed by atoms with E-state index < -0.39 is 58.3 Å². The molecule has 27 heavy (non-hydrogen) atoms. The highest BCUT2D eigenvalue weighted by Gasteiger charge is 2.29. The smallest absolute Gasteiger partial charge is 0.298 e. The molecule has 0 aliphatic carbocycles. The molecule has 10 nitrogen and oxygen atoms in total. The van der Waals surface area contributed by atoms with E-state index in [2.05, 4.69) is 0 Å². The largest absolute Gasteiger partial charge is 0.508 e. The van der Waals surface area contributed by atoms with Crippen molar-refractivity contribution in [3.8, 4) is 23.0 Å². The first-order chi connectivity index (χ1) is 12.3. The second-order valence-corrected chi connectivity index (χ2v) is 9.05. The molecule has 148 valence electrons. The Morgan fingerprint density at radius 2 is 1.07 bits per heavy atom. The minimum Gasteiger partial charge on any atom is -0.508 e. The van der Waals surface area contributed by atoms with Gasteiger partial charge in [0.25, 0.3) is 20.2 Å². The number of phenols is 4. The van der Waals surface area contributed by atoms with Crippen molar-refractivity contribution in [1.82, 2.24) is 0 Å². The fraction of sp³-hybridized carbons (Fsp3) is 0.143. The molecule has 0 spiro atoms. The van der Waals surface area contributed by atoms with Crippen molar-refractivity contribution in [2.45, 2.75) is 15.0 Å². The van der Waals surface area contributed by atoms with Gasteiger partial charge in [0.1, 0.15) is 32.8 Å². The van der Waals surface area contributed by atoms with E-state index in [1.54, 1.807) is 0 Å². The van der Waals surface area contributed by atoms with Crippen LogP contribution in [0.4, 0.5) is 0 Å². The maximum Gasteiger partial charge on any atom is 0.298 e. The van der Waals surface area contributed by atoms with Crippen LogP contribution < -0.4 is 0 Å². The molecule has 0 fully saturated rings. The lowest BCUT2D eigenvalue weighted by Gasteiger charge is -2.20. The van der Waals surface area contributed by atoms with Gasteiger partial charge >= 0.3 is 0 Å². The fourth-order valence-corrected chi connectivity index (χ4v) is 4.57. The maximum absolute atomic E-state index is 11.4. The van der Waals surface area contributed by atoms with Gasteiger partial charge in [0.15, 0.2) is 0 Å². The Hall–Kier alpha value is -2.19. The number of hydrogen-bond donors (Lipinski definition) is 6. The van der Waals surface area contributed by atoms with Gasteiger partial charge in [0, 0.05) is 23.3 Å². The molecule has 0 atom stereocenters. The van der Waals surface area contributed by atoms with Crippen molar-refractivity contribution < 1.29 is 46.4 Å². The van der Waals surface area contributed by atoms with Crippen molar-refractivity contribution in [1.29, 1.82) is 0 Å². The van der Waals surface area contributed by atoms with Crippen molar-refractivity contribution in [2.24, 2.45) is 0 Å². The zero-order valence-electron chi connectivity index (χ0n) is 13.4. The van der Waals surface area contributed by atoms with Crippen LogP contribution in [0.25, 0.3) is 0 Å². The Morgan fingerprint density at radius 1 is 0.741 bits per heavy atom. The molecule has 13 heteroatoms. The Balaban J connectivity index is 2.84. The predicted octanol–water partition coefficient (Wildman–Crippen LogP) is 1.45. The first kappa shape index (κ1) is 21.1. The molecular formula is C14H14O10S3. The van der Waals surface area contributed by atoms with Crippen LogP contribution in [0.5, 0.6) is 23.0 Å². The third-order valence-corrected chi connectivity index (χ3v) is 6.25. The number of phenolic OH excluding ortho intramolecular Hbond substituents is 4. The first-order valence-electron chi connectivity index (χ1n) is 6.87. The van der Waals surface area contributed by atoms with Crippen LogP contribution >= 0.6 is 11.8 Å². The minimum absolute atomic E-state index is 0.308. The number of aromatic hydroxyl groups is 4. The second-order valence-electron chi connectivity index (χ2n) is 5.33. The molecule has 0 saturated carbocycles. The maximum atomic E-state index is 11.4. The van der Waals surface area contributed by atoms with Crippen molar-refractivity contribution in [2.75, 3.05) is 6.26 Å². The van der Waals surface area contributed by atoms with E-state index in [1.807, 2.05) is 0 Å². The summed E-state index contributed by atoms with van der Waals surface area (Å²) in [4.78, 5) is -2.02. The predicted molar refractivity (Wildman–Crippen MR) is 94.5 cm³/mol. The second kappa shape index (κ2) is 7.09. The standard InChI is InChI=1S/C14H14O10S3/c1-25-14(8-2-6(15)4-10(12(8)17)26(19,20)21)9-3-7(16)5-11(13(9)18)27(22,23)24/h2-5,14-18H,1H3,(H,19,20,21)(H,22,23,24). The summed E-state index contributed by atoms with van der Waals surface area (Å²) in [6, 6.07) is 3.05. The zero-order chi connectivity index (χ0) is 20.7. The number of hydrogen-bond acceptors (Lipinski definition) is 9. The van der Waals surface area contributed by atoms with Crippen LogP contribution in [0.3, 0.4) is 0 Å². The highest BCUT2D eigenvalue weighted by atomic mass is 32.2. The van der Waals surface area contributed by atoms with E-state index in [0.717, 1.165) is 23.9 Å². The van der Waals surface area contributed by atoms with E-state index in [9.17, 15) is 46.4 Å². The Kier molecular flexibility index (Phi) is 5.54. The van der Waals surface area contributed by atoms with E-state index in [0.29, 0.717) is 12.1 Å². The van der Waals surface area contributed by atoms with E-state index in [4.69, 9.17) is 0 Å². The third kappa shape index (κ3) is 4.22. The van der Waals surface area contributed by atoms with E-state index in [1.165, 1.54) is 6.26 Å². The molecule has 0 aliphatic heterocycles. The van der Waals surface area contributed by atoms with Gasteiger partial charge in [0.05, 0.1) is 5.25 Å². The molecule has 0 saturated heterocycles. The average molecular weight is 438 g/mol. The quantitative estimate of drug-likeness (QED) is 0.293. The zero-order valence-corrected chi connectivity index (χ0v) is 15.9. The number of benzene rings is 2. The third-order valence-electron chi connectivity index (χ3n) is 3.53. The van der Waals surface area contributed by atoms with Gasteiger partial charge in [0.2, 0.25) is 0 Å². The SMILES string of the molecule is CSC(c1cc(O)cc(S(=O)(=O)O)c1O)c1cc(O)cc(S(=O)(=O)O)c1O. The van der Waals surface area contributed by atoms with Gasteiger partial charge in [-0.3, -0.25) is 9.11 Å². The lowest BCUT2D eigenvalue weighted by Crippen LogP contribution is -2.06. The van der Waals surface area contributed by atoms with Gasteiger partial charge in [-0.15, -0.1) is 0 Å². The van der Waals surface area contributed by atoms with Gasteiger partial charge in [-0.2, -0.15) is 28.6 Å². The Labute approximate surface area is 158 Å². The van der Waals surface area contributed by atoms with Crippen molar-refractivity contribution in [3.63, 3.8) is 0 Å². The number of rotatable bonds is 5. The molecule has 0 radical (unpaired) electrons. The molecule has 0 heterocycles. The molecule has 6 N–H and O–H groups in total. The van der Waals surface area contributed by atoms with Crippen LogP contribution in [0.15, 0.2) is 34.1 Å². The molecule has 0 aliphatic rings. The molecule has 2 aromatic rings. The molecule has 2 rings (SSSR count). The molecule has 2 aromatic carbocycles. The summed E-state index contributed by atoms with van der Waals surface area (Å²) in [5.74, 6) is -3.20. The molecule has 0 unspecified atom stereocenters. The van der Waals surface area contributed by atoms with Gasteiger partial charge in [-0.05, 0) is 18.4 Å². The fourth-order valence-electron chi connectivity index (χ4n) is 2.44. The monoisotopic (exact) mass is 438 g/mol.